The summed E-state index contributed by atoms with van der Waals surface area (Å²) in [4.78, 5) is 12.7. The molecule has 24 heavy (non-hydrogen) atoms. The average molecular weight is 329 g/mol. The summed E-state index contributed by atoms with van der Waals surface area (Å²) in [6.07, 6.45) is 6.56. The molecule has 5 atom stereocenters. The van der Waals surface area contributed by atoms with Gasteiger partial charge < -0.3 is 15.5 Å². The fourth-order valence-corrected chi connectivity index (χ4v) is 6.17. The second kappa shape index (κ2) is 5.48. The van der Waals surface area contributed by atoms with Crippen molar-refractivity contribution < 1.29 is 15.0 Å². The van der Waals surface area contributed by atoms with E-state index in [2.05, 4.69) is 5.32 Å². The van der Waals surface area contributed by atoms with E-state index in [0.717, 1.165) is 37.7 Å². The van der Waals surface area contributed by atoms with Gasteiger partial charge in [0.1, 0.15) is 5.75 Å². The molecule has 4 fully saturated rings. The van der Waals surface area contributed by atoms with Gasteiger partial charge in [-0.05, 0) is 68.8 Å². The van der Waals surface area contributed by atoms with Crippen molar-refractivity contribution in [1.82, 2.24) is 5.32 Å². The summed E-state index contributed by atoms with van der Waals surface area (Å²) >= 11 is 0. The van der Waals surface area contributed by atoms with E-state index < -0.39 is 5.60 Å². The molecule has 1 amide bonds. The molecule has 0 spiro atoms. The SMILES string of the molecule is C[C@@H](NC(=O)CC12C[C@@H]3C[C@@H](CC(O)(C3)C1)C2)c1ccccc1O. The summed E-state index contributed by atoms with van der Waals surface area (Å²) in [7, 11) is 0. The number of amides is 1. The fourth-order valence-electron chi connectivity index (χ4n) is 6.17. The van der Waals surface area contributed by atoms with Gasteiger partial charge in [0.05, 0.1) is 11.6 Å². The van der Waals surface area contributed by atoms with Gasteiger partial charge in [-0.25, -0.2) is 0 Å². The third kappa shape index (κ3) is 2.81. The quantitative estimate of drug-likeness (QED) is 0.794. The smallest absolute Gasteiger partial charge is 0.221 e. The number of aliphatic hydroxyl groups is 1. The van der Waals surface area contributed by atoms with Crippen LogP contribution in [0.15, 0.2) is 24.3 Å². The normalized spacial score (nSPS) is 38.1. The number of carbonyl (C=O) groups excluding carboxylic acids is 1. The van der Waals surface area contributed by atoms with Crippen LogP contribution in [0.4, 0.5) is 0 Å². The molecule has 4 nitrogen and oxygen atoms in total. The number of aromatic hydroxyl groups is 1. The summed E-state index contributed by atoms with van der Waals surface area (Å²) in [6.45, 7) is 1.90. The van der Waals surface area contributed by atoms with Crippen molar-refractivity contribution in [3.05, 3.63) is 29.8 Å². The number of hydrogen-bond donors (Lipinski definition) is 3. The predicted molar refractivity (Wildman–Crippen MR) is 91.3 cm³/mol. The summed E-state index contributed by atoms with van der Waals surface area (Å²) in [5.41, 5.74) is 0.213. The number of rotatable bonds is 4. The Hall–Kier alpha value is -1.55. The van der Waals surface area contributed by atoms with E-state index >= 15 is 0 Å². The lowest BCUT2D eigenvalue weighted by atomic mass is 9.47. The van der Waals surface area contributed by atoms with Crippen LogP contribution in [0.25, 0.3) is 0 Å². The molecule has 3 N–H and O–H groups in total. The summed E-state index contributed by atoms with van der Waals surface area (Å²) in [5.74, 6) is 1.45. The van der Waals surface area contributed by atoms with Crippen LogP contribution in [-0.4, -0.2) is 21.7 Å². The van der Waals surface area contributed by atoms with Crippen molar-refractivity contribution in [1.29, 1.82) is 0 Å². The van der Waals surface area contributed by atoms with Crippen molar-refractivity contribution in [2.45, 2.75) is 63.5 Å². The number of phenols is 1. The number of carbonyl (C=O) groups is 1. The van der Waals surface area contributed by atoms with Gasteiger partial charge in [-0.15, -0.1) is 0 Å². The highest BCUT2D eigenvalue weighted by Crippen LogP contribution is 2.62. The standard InChI is InChI=1S/C20H27NO3/c1-13(16-4-2-3-5-17(16)22)21-18(23)11-19-7-14-6-15(8-19)10-20(24,9-14)12-19/h2-5,13-15,22,24H,6-12H2,1H3,(H,21,23)/t13-,14-,15+,19?,20?/m1/s1. The zero-order valence-electron chi connectivity index (χ0n) is 14.3. The second-order valence-corrected chi connectivity index (χ2v) is 8.71. The van der Waals surface area contributed by atoms with Gasteiger partial charge in [0.2, 0.25) is 5.91 Å². The lowest BCUT2D eigenvalue weighted by Gasteiger charge is -2.60. The molecule has 4 heteroatoms. The maximum atomic E-state index is 12.7. The first-order valence-electron chi connectivity index (χ1n) is 9.16. The molecular weight excluding hydrogens is 302 g/mol. The fraction of sp³-hybridized carbons (Fsp3) is 0.650. The molecule has 0 radical (unpaired) electrons. The Morgan fingerprint density at radius 1 is 1.25 bits per heavy atom. The molecule has 0 saturated heterocycles. The van der Waals surface area contributed by atoms with Gasteiger partial charge in [-0.1, -0.05) is 18.2 Å². The number of hydrogen-bond acceptors (Lipinski definition) is 3. The van der Waals surface area contributed by atoms with E-state index in [1.165, 1.54) is 6.42 Å². The van der Waals surface area contributed by atoms with Crippen molar-refractivity contribution in [2.24, 2.45) is 17.3 Å². The van der Waals surface area contributed by atoms with Crippen LogP contribution in [0, 0.1) is 17.3 Å². The number of para-hydroxylation sites is 1. The first-order valence-corrected chi connectivity index (χ1v) is 9.16. The van der Waals surface area contributed by atoms with Crippen molar-refractivity contribution in [2.75, 3.05) is 0 Å². The molecule has 0 aromatic heterocycles. The number of nitrogens with one attached hydrogen (secondary N) is 1. The van der Waals surface area contributed by atoms with Crippen LogP contribution >= 0.6 is 0 Å². The molecule has 4 aliphatic rings. The van der Waals surface area contributed by atoms with Gasteiger partial charge >= 0.3 is 0 Å². The lowest BCUT2D eigenvalue weighted by Crippen LogP contribution is -2.56. The minimum Gasteiger partial charge on any atom is -0.508 e. The first-order chi connectivity index (χ1) is 11.4. The molecule has 4 bridgehead atoms. The monoisotopic (exact) mass is 329 g/mol. The van der Waals surface area contributed by atoms with E-state index in [4.69, 9.17) is 0 Å². The van der Waals surface area contributed by atoms with Gasteiger partial charge in [-0.2, -0.15) is 0 Å². The minimum atomic E-state index is -0.520. The molecule has 130 valence electrons. The van der Waals surface area contributed by atoms with E-state index in [1.54, 1.807) is 12.1 Å². The third-order valence-electron chi connectivity index (χ3n) is 6.47. The van der Waals surface area contributed by atoms with Gasteiger partial charge in [-0.3, -0.25) is 4.79 Å². The van der Waals surface area contributed by atoms with Crippen LogP contribution in [-0.2, 0) is 4.79 Å². The van der Waals surface area contributed by atoms with Crippen LogP contribution in [0.2, 0.25) is 0 Å². The van der Waals surface area contributed by atoms with Gasteiger partial charge in [0, 0.05) is 12.0 Å². The number of phenolic OH excluding ortho intramolecular Hbond substituents is 1. The van der Waals surface area contributed by atoms with E-state index in [-0.39, 0.29) is 23.1 Å². The van der Waals surface area contributed by atoms with Crippen LogP contribution in [0.1, 0.15) is 63.5 Å². The zero-order valence-corrected chi connectivity index (χ0v) is 14.3. The Balaban J connectivity index is 1.44. The Kier molecular flexibility index (Phi) is 3.64. The van der Waals surface area contributed by atoms with E-state index in [1.807, 2.05) is 19.1 Å². The van der Waals surface area contributed by atoms with Gasteiger partial charge in [0.15, 0.2) is 0 Å². The summed E-state index contributed by atoms with van der Waals surface area (Å²) in [6, 6.07) is 6.92. The van der Waals surface area contributed by atoms with E-state index in [9.17, 15) is 15.0 Å². The molecule has 1 aromatic carbocycles. The van der Waals surface area contributed by atoms with Crippen molar-refractivity contribution >= 4 is 5.91 Å². The molecule has 0 heterocycles. The molecular formula is C20H27NO3. The topological polar surface area (TPSA) is 69.6 Å². The Bertz CT molecular complexity index is 642. The predicted octanol–water partition coefficient (Wildman–Crippen LogP) is 3.29. The Morgan fingerprint density at radius 3 is 2.54 bits per heavy atom. The first kappa shape index (κ1) is 15.9. The van der Waals surface area contributed by atoms with Crippen LogP contribution < -0.4 is 5.32 Å². The molecule has 4 aliphatic carbocycles. The lowest BCUT2D eigenvalue weighted by molar-refractivity contribution is -0.169. The molecule has 5 rings (SSSR count). The van der Waals surface area contributed by atoms with Crippen LogP contribution in [0.5, 0.6) is 5.75 Å². The Labute approximate surface area is 143 Å². The van der Waals surface area contributed by atoms with Crippen molar-refractivity contribution in [3.8, 4) is 5.75 Å². The highest BCUT2D eigenvalue weighted by molar-refractivity contribution is 5.77. The molecule has 1 aromatic rings. The highest BCUT2D eigenvalue weighted by Gasteiger charge is 2.57. The van der Waals surface area contributed by atoms with Crippen molar-refractivity contribution in [3.63, 3.8) is 0 Å². The highest BCUT2D eigenvalue weighted by atomic mass is 16.3. The van der Waals surface area contributed by atoms with Crippen LogP contribution in [0.3, 0.4) is 0 Å². The maximum Gasteiger partial charge on any atom is 0.221 e. The third-order valence-corrected chi connectivity index (χ3v) is 6.47. The van der Waals surface area contributed by atoms with Gasteiger partial charge in [0.25, 0.3) is 0 Å². The zero-order chi connectivity index (χ0) is 16.9. The van der Waals surface area contributed by atoms with E-state index in [0.29, 0.717) is 18.3 Å². The summed E-state index contributed by atoms with van der Waals surface area (Å²) < 4.78 is 0. The number of benzene rings is 1. The summed E-state index contributed by atoms with van der Waals surface area (Å²) in [5, 5.41) is 23.8. The average Bonchev–Trinajstić information content (AvgIpc) is 2.43. The second-order valence-electron chi connectivity index (χ2n) is 8.71. The molecule has 2 unspecified atom stereocenters. The minimum absolute atomic E-state index is 0.0125. The largest absolute Gasteiger partial charge is 0.508 e. The molecule has 4 saturated carbocycles. The maximum absolute atomic E-state index is 12.7. The molecule has 0 aliphatic heterocycles. The Morgan fingerprint density at radius 2 is 1.92 bits per heavy atom.